The molecule has 1 N–H and O–H groups in total. The Bertz CT molecular complexity index is 1450. The molecule has 0 fully saturated rings. The number of hydrogen-bond acceptors (Lipinski definition) is 3. The Hall–Kier alpha value is -3.78. The summed E-state index contributed by atoms with van der Waals surface area (Å²) in [5, 5.41) is 0. The van der Waals surface area contributed by atoms with Crippen molar-refractivity contribution in [3.63, 3.8) is 0 Å². The van der Waals surface area contributed by atoms with Crippen LogP contribution in [-0.4, -0.2) is 16.2 Å². The quantitative estimate of drug-likeness (QED) is 0.261. The number of ether oxygens (including phenoxy) is 1. The molecule has 5 nitrogen and oxygen atoms in total. The second-order valence-corrected chi connectivity index (χ2v) is 8.71. The average Bonchev–Trinajstić information content (AvgIpc) is 2.78. The van der Waals surface area contributed by atoms with Crippen LogP contribution in [0.15, 0.2) is 46.0 Å². The van der Waals surface area contributed by atoms with Crippen molar-refractivity contribution in [2.24, 2.45) is 0 Å². The van der Waals surface area contributed by atoms with Crippen LogP contribution in [0.3, 0.4) is 0 Å². The van der Waals surface area contributed by atoms with Gasteiger partial charge in [-0.3, -0.25) is 14.3 Å². The smallest absolute Gasteiger partial charge is 0.348 e. The standard InChI is InChI=1S/C27H24F6N2O3/c1-4-22-23(13-19-9-16(2)8-17(3)10-19)35(25(37)34-24(22)36)15-38-7-5-6-18-11-20(26(28,29)30)14-21(12-18)27(31,32)33/h8-12,14H,4,7,13,15H2,1-3H3,(H,34,36,37). The normalized spacial score (nSPS) is 11.8. The number of hydrogen-bond donors (Lipinski definition) is 1. The lowest BCUT2D eigenvalue weighted by molar-refractivity contribution is -0.143. The summed E-state index contributed by atoms with van der Waals surface area (Å²) in [6.07, 6.45) is -9.36. The molecule has 0 saturated heterocycles. The maximum Gasteiger partial charge on any atom is 0.416 e. The van der Waals surface area contributed by atoms with Crippen LogP contribution in [0, 0.1) is 25.7 Å². The predicted molar refractivity (Wildman–Crippen MR) is 129 cm³/mol. The highest BCUT2D eigenvalue weighted by molar-refractivity contribution is 5.42. The third kappa shape index (κ3) is 7.16. The first kappa shape index (κ1) is 28.8. The number of halogens is 6. The van der Waals surface area contributed by atoms with Gasteiger partial charge in [-0.2, -0.15) is 26.3 Å². The fourth-order valence-electron chi connectivity index (χ4n) is 4.08. The zero-order valence-corrected chi connectivity index (χ0v) is 20.7. The van der Waals surface area contributed by atoms with E-state index in [4.69, 9.17) is 4.74 Å². The van der Waals surface area contributed by atoms with Gasteiger partial charge in [-0.15, -0.1) is 0 Å². The van der Waals surface area contributed by atoms with Gasteiger partial charge in [0.1, 0.15) is 13.3 Å². The van der Waals surface area contributed by atoms with Gasteiger partial charge in [0.2, 0.25) is 0 Å². The number of alkyl halides is 6. The zero-order valence-electron chi connectivity index (χ0n) is 20.7. The molecule has 0 saturated carbocycles. The number of H-pyrrole nitrogens is 1. The van der Waals surface area contributed by atoms with Crippen molar-refractivity contribution in [1.29, 1.82) is 0 Å². The molecule has 0 aliphatic rings. The minimum absolute atomic E-state index is 0.0207. The molecule has 0 aliphatic carbocycles. The molecule has 202 valence electrons. The Morgan fingerprint density at radius 1 is 0.895 bits per heavy atom. The van der Waals surface area contributed by atoms with Gasteiger partial charge in [-0.1, -0.05) is 48.1 Å². The Morgan fingerprint density at radius 2 is 1.47 bits per heavy atom. The van der Waals surface area contributed by atoms with Crippen LogP contribution < -0.4 is 11.2 Å². The van der Waals surface area contributed by atoms with E-state index in [2.05, 4.69) is 16.8 Å². The van der Waals surface area contributed by atoms with E-state index in [1.807, 2.05) is 32.0 Å². The second-order valence-electron chi connectivity index (χ2n) is 8.71. The molecular formula is C27H24F6N2O3. The molecule has 1 heterocycles. The van der Waals surface area contributed by atoms with Crippen molar-refractivity contribution in [1.82, 2.24) is 9.55 Å². The van der Waals surface area contributed by atoms with E-state index in [1.54, 1.807) is 6.92 Å². The summed E-state index contributed by atoms with van der Waals surface area (Å²) in [6.45, 7) is 4.88. The summed E-state index contributed by atoms with van der Waals surface area (Å²) < 4.78 is 84.8. The first-order chi connectivity index (χ1) is 17.7. The number of rotatable bonds is 6. The zero-order chi connectivity index (χ0) is 28.3. The van der Waals surface area contributed by atoms with Crippen LogP contribution in [-0.2, 0) is 36.7 Å². The lowest BCUT2D eigenvalue weighted by Gasteiger charge is -2.16. The largest absolute Gasteiger partial charge is 0.416 e. The first-order valence-electron chi connectivity index (χ1n) is 11.5. The van der Waals surface area contributed by atoms with Gasteiger partial charge in [-0.05, 0) is 44.0 Å². The monoisotopic (exact) mass is 538 g/mol. The molecule has 0 bridgehead atoms. The van der Waals surface area contributed by atoms with Gasteiger partial charge in [0.15, 0.2) is 0 Å². The van der Waals surface area contributed by atoms with E-state index >= 15 is 0 Å². The molecule has 2 aromatic carbocycles. The molecule has 0 atom stereocenters. The molecule has 11 heteroatoms. The van der Waals surface area contributed by atoms with E-state index in [9.17, 15) is 35.9 Å². The minimum atomic E-state index is -4.98. The SMILES string of the molecule is CCc1c(Cc2cc(C)cc(C)c2)n(COCC#Cc2cc(C(F)(F)F)cc(C(F)(F)F)c2)c(=O)[nH]c1=O. The fourth-order valence-corrected chi connectivity index (χ4v) is 4.08. The molecule has 3 rings (SSSR count). The number of aromatic nitrogens is 2. The first-order valence-corrected chi connectivity index (χ1v) is 11.5. The number of aryl methyl sites for hydroxylation is 2. The molecule has 0 spiro atoms. The lowest BCUT2D eigenvalue weighted by atomic mass is 10.0. The summed E-state index contributed by atoms with van der Waals surface area (Å²) in [5.74, 6) is 4.63. The van der Waals surface area contributed by atoms with Gasteiger partial charge in [-0.25, -0.2) is 4.79 Å². The Labute approximate surface area is 214 Å². The topological polar surface area (TPSA) is 64.1 Å². The van der Waals surface area contributed by atoms with Crippen molar-refractivity contribution in [3.05, 3.63) is 102 Å². The highest BCUT2D eigenvalue weighted by Crippen LogP contribution is 2.36. The lowest BCUT2D eigenvalue weighted by Crippen LogP contribution is -2.36. The van der Waals surface area contributed by atoms with Crippen molar-refractivity contribution in [2.45, 2.75) is 52.7 Å². The van der Waals surface area contributed by atoms with Crippen molar-refractivity contribution < 1.29 is 31.1 Å². The average molecular weight is 538 g/mol. The number of nitrogens with one attached hydrogen (secondary N) is 1. The van der Waals surface area contributed by atoms with Gasteiger partial charge in [0.05, 0.1) is 11.1 Å². The van der Waals surface area contributed by atoms with Crippen LogP contribution in [0.4, 0.5) is 26.3 Å². The van der Waals surface area contributed by atoms with E-state index in [0.29, 0.717) is 29.8 Å². The van der Waals surface area contributed by atoms with Gasteiger partial charge < -0.3 is 4.74 Å². The number of benzene rings is 2. The van der Waals surface area contributed by atoms with E-state index in [0.717, 1.165) is 16.7 Å². The molecule has 3 aromatic rings. The van der Waals surface area contributed by atoms with Gasteiger partial charge in [0, 0.05) is 23.2 Å². The van der Waals surface area contributed by atoms with Crippen LogP contribution >= 0.6 is 0 Å². The highest BCUT2D eigenvalue weighted by atomic mass is 19.4. The molecular weight excluding hydrogens is 514 g/mol. The maximum atomic E-state index is 13.0. The number of nitrogens with zero attached hydrogens (tertiary/aromatic N) is 1. The molecule has 38 heavy (non-hydrogen) atoms. The maximum absolute atomic E-state index is 13.0. The third-order valence-corrected chi connectivity index (χ3v) is 5.64. The molecule has 0 aliphatic heterocycles. The van der Waals surface area contributed by atoms with Crippen molar-refractivity contribution >= 4 is 0 Å². The second kappa shape index (κ2) is 11.3. The van der Waals surface area contributed by atoms with E-state index < -0.39 is 46.9 Å². The van der Waals surface area contributed by atoms with Crippen molar-refractivity contribution in [2.75, 3.05) is 6.61 Å². The van der Waals surface area contributed by atoms with Crippen molar-refractivity contribution in [3.8, 4) is 11.8 Å². The van der Waals surface area contributed by atoms with Crippen LogP contribution in [0.1, 0.15) is 51.6 Å². The Morgan fingerprint density at radius 3 is 2.00 bits per heavy atom. The summed E-state index contributed by atoms with van der Waals surface area (Å²) in [5.41, 5.74) is -0.945. The van der Waals surface area contributed by atoms with Gasteiger partial charge >= 0.3 is 18.0 Å². The van der Waals surface area contributed by atoms with Crippen LogP contribution in [0.5, 0.6) is 0 Å². The van der Waals surface area contributed by atoms with E-state index in [-0.39, 0.29) is 19.2 Å². The Balaban J connectivity index is 1.86. The van der Waals surface area contributed by atoms with Crippen LogP contribution in [0.25, 0.3) is 0 Å². The fraction of sp³-hybridized carbons (Fsp3) is 0.333. The highest BCUT2D eigenvalue weighted by Gasteiger charge is 2.36. The Kier molecular flexibility index (Phi) is 8.57. The summed E-state index contributed by atoms with van der Waals surface area (Å²) in [4.78, 5) is 27.2. The summed E-state index contributed by atoms with van der Waals surface area (Å²) >= 11 is 0. The molecule has 0 unspecified atom stereocenters. The summed E-state index contributed by atoms with van der Waals surface area (Å²) in [6, 6.07) is 6.90. The molecule has 0 radical (unpaired) electrons. The van der Waals surface area contributed by atoms with Gasteiger partial charge in [0.25, 0.3) is 5.56 Å². The van der Waals surface area contributed by atoms with E-state index in [1.165, 1.54) is 4.57 Å². The molecule has 0 amide bonds. The predicted octanol–water partition coefficient (Wildman–Crippen LogP) is 5.37. The third-order valence-electron chi connectivity index (χ3n) is 5.64. The molecule has 1 aromatic heterocycles. The minimum Gasteiger partial charge on any atom is -0.348 e. The number of aromatic amines is 1. The summed E-state index contributed by atoms with van der Waals surface area (Å²) in [7, 11) is 0. The van der Waals surface area contributed by atoms with Crippen LogP contribution in [0.2, 0.25) is 0 Å².